The van der Waals surface area contributed by atoms with Gasteiger partial charge in [0.05, 0.1) is 4.90 Å². The van der Waals surface area contributed by atoms with E-state index in [-0.39, 0.29) is 43.0 Å². The van der Waals surface area contributed by atoms with Crippen molar-refractivity contribution in [1.82, 2.24) is 14.2 Å². The molecule has 11 heteroatoms. The van der Waals surface area contributed by atoms with Crippen molar-refractivity contribution < 1.29 is 31.8 Å². The Hall–Kier alpha value is -3.44. The average molecular weight is 548 g/mol. The predicted octanol–water partition coefficient (Wildman–Crippen LogP) is 4.30. The van der Waals surface area contributed by atoms with Gasteiger partial charge in [-0.3, -0.25) is 0 Å². The molecule has 1 aromatic heterocycles. The zero-order chi connectivity index (χ0) is 27.4. The van der Waals surface area contributed by atoms with Gasteiger partial charge in [0.15, 0.2) is 0 Å². The van der Waals surface area contributed by atoms with Crippen LogP contribution in [0.3, 0.4) is 0 Å². The van der Waals surface area contributed by atoms with Gasteiger partial charge in [0.2, 0.25) is 10.0 Å². The molecule has 8 nitrogen and oxygen atoms in total. The standard InChI is InChI=1S/C27H31F2N3O5S/c1-3-32(27(33)34)26-7-5-19-4-6-22(37-11-9-30-38(35,36)23-8-10-31(2)17-23)16-24(19)25(26)14-18-12-20(28)15-21(29)13-18/h4,6,8,10,12-13,15-17,25-26,30H,3,5,7,9,11,14H2,1-2H3,(H,33,34). The van der Waals surface area contributed by atoms with Crippen molar-refractivity contribution in [3.63, 3.8) is 0 Å². The first-order chi connectivity index (χ1) is 18.1. The summed E-state index contributed by atoms with van der Waals surface area (Å²) in [5.74, 6) is -1.23. The molecule has 1 heterocycles. The van der Waals surface area contributed by atoms with E-state index in [0.29, 0.717) is 24.2 Å². The number of carbonyl (C=O) groups is 1. The van der Waals surface area contributed by atoms with Crippen LogP contribution in [0.5, 0.6) is 5.75 Å². The predicted molar refractivity (Wildman–Crippen MR) is 138 cm³/mol. The number of hydrogen-bond donors (Lipinski definition) is 2. The third kappa shape index (κ3) is 6.33. The highest BCUT2D eigenvalue weighted by Crippen LogP contribution is 2.39. The summed E-state index contributed by atoms with van der Waals surface area (Å²) in [5, 5.41) is 9.82. The number of hydrogen-bond acceptors (Lipinski definition) is 4. The maximum absolute atomic E-state index is 13.9. The van der Waals surface area contributed by atoms with Gasteiger partial charge >= 0.3 is 6.09 Å². The molecule has 2 N–H and O–H groups in total. The van der Waals surface area contributed by atoms with Gasteiger partial charge in [0.25, 0.3) is 0 Å². The number of ether oxygens (including phenoxy) is 1. The Kier molecular flexibility index (Phi) is 8.37. The summed E-state index contributed by atoms with van der Waals surface area (Å²) < 4.78 is 62.7. The van der Waals surface area contributed by atoms with E-state index in [4.69, 9.17) is 4.74 Å². The number of aryl methyl sites for hydroxylation is 2. The summed E-state index contributed by atoms with van der Waals surface area (Å²) in [6.07, 6.45) is 3.58. The number of rotatable bonds is 10. The van der Waals surface area contributed by atoms with Gasteiger partial charge in [-0.15, -0.1) is 0 Å². The number of nitrogens with one attached hydrogen (secondary N) is 1. The second kappa shape index (κ2) is 11.5. The van der Waals surface area contributed by atoms with Gasteiger partial charge in [-0.2, -0.15) is 0 Å². The van der Waals surface area contributed by atoms with Crippen LogP contribution in [-0.2, 0) is 29.9 Å². The van der Waals surface area contributed by atoms with E-state index in [0.717, 1.165) is 17.2 Å². The first kappa shape index (κ1) is 27.6. The molecule has 2 aromatic carbocycles. The van der Waals surface area contributed by atoms with Gasteiger partial charge in [-0.25, -0.2) is 26.7 Å². The summed E-state index contributed by atoms with van der Waals surface area (Å²) in [4.78, 5) is 13.5. The van der Waals surface area contributed by atoms with Crippen molar-refractivity contribution in [3.8, 4) is 5.75 Å². The number of nitrogens with zero attached hydrogens (tertiary/aromatic N) is 2. The first-order valence-electron chi connectivity index (χ1n) is 12.4. The molecule has 204 valence electrons. The summed E-state index contributed by atoms with van der Waals surface area (Å²) in [5.41, 5.74) is 2.31. The zero-order valence-electron chi connectivity index (χ0n) is 21.2. The maximum Gasteiger partial charge on any atom is 0.407 e. The number of fused-ring (bicyclic) bond motifs is 1. The van der Waals surface area contributed by atoms with Crippen LogP contribution in [0.4, 0.5) is 13.6 Å². The molecule has 1 aliphatic rings. The second-order valence-electron chi connectivity index (χ2n) is 9.38. The highest BCUT2D eigenvalue weighted by molar-refractivity contribution is 7.89. The number of amides is 1. The van der Waals surface area contributed by atoms with Crippen molar-refractivity contribution in [2.45, 2.75) is 43.0 Å². The van der Waals surface area contributed by atoms with Crippen LogP contribution in [0.15, 0.2) is 59.8 Å². The van der Waals surface area contributed by atoms with E-state index in [9.17, 15) is 27.1 Å². The first-order valence-corrected chi connectivity index (χ1v) is 13.9. The van der Waals surface area contributed by atoms with Crippen molar-refractivity contribution in [2.24, 2.45) is 7.05 Å². The number of halogens is 2. The fourth-order valence-corrected chi connectivity index (χ4v) is 6.19. The van der Waals surface area contributed by atoms with Gasteiger partial charge < -0.3 is 19.3 Å². The molecule has 2 atom stereocenters. The minimum Gasteiger partial charge on any atom is -0.492 e. The van der Waals surface area contributed by atoms with Gasteiger partial charge in [-0.05, 0) is 73.2 Å². The molecular weight excluding hydrogens is 516 g/mol. The van der Waals surface area contributed by atoms with Crippen molar-refractivity contribution in [1.29, 1.82) is 0 Å². The summed E-state index contributed by atoms with van der Waals surface area (Å²) in [6, 6.07) is 9.99. The lowest BCUT2D eigenvalue weighted by molar-refractivity contribution is 0.113. The van der Waals surface area contributed by atoms with Crippen LogP contribution < -0.4 is 9.46 Å². The molecule has 0 aliphatic heterocycles. The summed E-state index contributed by atoms with van der Waals surface area (Å²) in [6.45, 7) is 2.16. The number of sulfonamides is 1. The fourth-order valence-electron chi connectivity index (χ4n) is 5.13. The average Bonchev–Trinajstić information content (AvgIpc) is 3.30. The largest absolute Gasteiger partial charge is 0.492 e. The molecule has 4 rings (SSSR count). The quantitative estimate of drug-likeness (QED) is 0.369. The van der Waals surface area contributed by atoms with E-state index >= 15 is 0 Å². The molecule has 1 amide bonds. The molecule has 2 unspecified atom stereocenters. The fraction of sp³-hybridized carbons (Fsp3) is 0.370. The Morgan fingerprint density at radius 1 is 1.18 bits per heavy atom. The van der Waals surface area contributed by atoms with E-state index in [1.807, 2.05) is 12.1 Å². The highest BCUT2D eigenvalue weighted by Gasteiger charge is 2.36. The van der Waals surface area contributed by atoms with Crippen LogP contribution in [0.1, 0.15) is 36.0 Å². The summed E-state index contributed by atoms with van der Waals surface area (Å²) in [7, 11) is -1.93. The second-order valence-corrected chi connectivity index (χ2v) is 11.1. The van der Waals surface area contributed by atoms with Gasteiger partial charge in [-0.1, -0.05) is 6.07 Å². The third-order valence-electron chi connectivity index (χ3n) is 6.83. The maximum atomic E-state index is 13.9. The lowest BCUT2D eigenvalue weighted by atomic mass is 9.75. The van der Waals surface area contributed by atoms with Crippen molar-refractivity contribution in [3.05, 3.63) is 83.2 Å². The van der Waals surface area contributed by atoms with E-state index in [1.54, 1.807) is 30.8 Å². The van der Waals surface area contributed by atoms with Crippen LogP contribution in [0, 0.1) is 11.6 Å². The molecular formula is C27H31F2N3O5S. The topological polar surface area (TPSA) is 101 Å². The van der Waals surface area contributed by atoms with Gasteiger partial charge in [0, 0.05) is 50.6 Å². The smallest absolute Gasteiger partial charge is 0.407 e. The Labute approximate surface area is 220 Å². The minimum absolute atomic E-state index is 0.0472. The molecule has 0 radical (unpaired) electrons. The van der Waals surface area contributed by atoms with E-state index in [2.05, 4.69) is 4.72 Å². The minimum atomic E-state index is -3.66. The molecule has 0 bridgehead atoms. The molecule has 3 aromatic rings. The Morgan fingerprint density at radius 2 is 1.92 bits per heavy atom. The van der Waals surface area contributed by atoms with Crippen LogP contribution in [0.2, 0.25) is 0 Å². The summed E-state index contributed by atoms with van der Waals surface area (Å²) >= 11 is 0. The molecule has 0 saturated carbocycles. The SMILES string of the molecule is CCN(C(=O)O)C1CCc2ccc(OCCNS(=O)(=O)c3ccn(C)c3)cc2C1Cc1cc(F)cc(F)c1. The zero-order valence-corrected chi connectivity index (χ0v) is 22.0. The molecule has 0 saturated heterocycles. The Bertz CT molecular complexity index is 1390. The highest BCUT2D eigenvalue weighted by atomic mass is 32.2. The monoisotopic (exact) mass is 547 g/mol. The lowest BCUT2D eigenvalue weighted by Gasteiger charge is -2.39. The molecule has 0 fully saturated rings. The normalized spacial score (nSPS) is 17.2. The molecule has 38 heavy (non-hydrogen) atoms. The Morgan fingerprint density at radius 3 is 2.55 bits per heavy atom. The van der Waals surface area contributed by atoms with E-state index < -0.39 is 27.8 Å². The third-order valence-corrected chi connectivity index (χ3v) is 8.28. The Balaban J connectivity index is 1.54. The lowest BCUT2D eigenvalue weighted by Crippen LogP contribution is -2.45. The number of carboxylic acid groups (broad SMARTS) is 1. The van der Waals surface area contributed by atoms with Crippen LogP contribution in [-0.4, -0.2) is 54.8 Å². The van der Waals surface area contributed by atoms with Gasteiger partial charge in [0.1, 0.15) is 24.0 Å². The number of aromatic nitrogens is 1. The van der Waals surface area contributed by atoms with E-state index in [1.165, 1.54) is 29.3 Å². The number of benzene rings is 2. The van der Waals surface area contributed by atoms with Crippen molar-refractivity contribution >= 4 is 16.1 Å². The van der Waals surface area contributed by atoms with Crippen molar-refractivity contribution in [2.75, 3.05) is 19.7 Å². The number of likely N-dealkylation sites (N-methyl/N-ethyl adjacent to an activating group) is 1. The van der Waals surface area contributed by atoms with Crippen LogP contribution in [0.25, 0.3) is 0 Å². The molecule has 0 spiro atoms. The van der Waals surface area contributed by atoms with Crippen LogP contribution >= 0.6 is 0 Å². The molecule has 1 aliphatic carbocycles.